The van der Waals surface area contributed by atoms with Crippen molar-refractivity contribution in [2.75, 3.05) is 5.75 Å². The Labute approximate surface area is 149 Å². The summed E-state index contributed by atoms with van der Waals surface area (Å²) in [4.78, 5) is 30.2. The van der Waals surface area contributed by atoms with Crippen LogP contribution in [0.15, 0.2) is 48.8 Å². The fourth-order valence-corrected chi connectivity index (χ4v) is 4.29. The zero-order chi connectivity index (χ0) is 17.8. The van der Waals surface area contributed by atoms with E-state index in [2.05, 4.69) is 10.3 Å². The van der Waals surface area contributed by atoms with Crippen LogP contribution in [-0.4, -0.2) is 33.5 Å². The molecule has 1 aromatic carbocycles. The number of amides is 2. The molecule has 2 atom stereocenters. The number of nitrogens with one attached hydrogen (secondary N) is 1. The van der Waals surface area contributed by atoms with Crippen LogP contribution < -0.4 is 5.32 Å². The molecular weight excluding hydrogens is 341 g/mol. The zero-order valence-corrected chi connectivity index (χ0v) is 14.5. The summed E-state index contributed by atoms with van der Waals surface area (Å²) in [6, 6.07) is 9.24. The van der Waals surface area contributed by atoms with E-state index in [0.717, 1.165) is 5.56 Å². The molecule has 130 valence electrons. The predicted octanol–water partition coefficient (Wildman–Crippen LogP) is 2.50. The Morgan fingerprint density at radius 2 is 2.20 bits per heavy atom. The van der Waals surface area contributed by atoms with Crippen LogP contribution in [-0.2, 0) is 16.1 Å². The molecule has 0 aliphatic carbocycles. The molecule has 1 aromatic heterocycles. The number of aromatic nitrogens is 1. The van der Waals surface area contributed by atoms with Crippen LogP contribution >= 0.6 is 11.8 Å². The molecule has 1 N–H and O–H groups in total. The molecular formula is C18H18FN3O2S. The summed E-state index contributed by atoms with van der Waals surface area (Å²) in [5, 5.41) is 2.49. The Bertz CT molecular complexity index is 772. The van der Waals surface area contributed by atoms with Crippen LogP contribution in [0.1, 0.15) is 23.4 Å². The standard InChI is InChI=1S/C18H18FN3O2S/c1-12(23)22-16(17(24)21-10-13-4-3-7-20-9-13)11-25-18(22)14-5-2-6-15(19)8-14/h2-9,16,18H,10-11H2,1H3,(H,21,24). The van der Waals surface area contributed by atoms with Crippen LogP contribution in [0.4, 0.5) is 4.39 Å². The van der Waals surface area contributed by atoms with Gasteiger partial charge in [0, 0.05) is 31.6 Å². The van der Waals surface area contributed by atoms with Gasteiger partial charge in [-0.3, -0.25) is 14.6 Å². The summed E-state index contributed by atoms with van der Waals surface area (Å²) >= 11 is 1.46. The van der Waals surface area contributed by atoms with Gasteiger partial charge in [0.05, 0.1) is 0 Å². The number of nitrogens with zero attached hydrogens (tertiary/aromatic N) is 2. The minimum absolute atomic E-state index is 0.208. The van der Waals surface area contributed by atoms with Crippen molar-refractivity contribution in [2.45, 2.75) is 24.9 Å². The SMILES string of the molecule is CC(=O)N1C(C(=O)NCc2cccnc2)CSC1c1cccc(F)c1. The maximum atomic E-state index is 13.5. The van der Waals surface area contributed by atoms with Crippen molar-refractivity contribution in [3.05, 3.63) is 65.7 Å². The van der Waals surface area contributed by atoms with Gasteiger partial charge in [0.15, 0.2) is 0 Å². The number of carbonyl (C=O) groups is 2. The van der Waals surface area contributed by atoms with Gasteiger partial charge in [-0.2, -0.15) is 0 Å². The topological polar surface area (TPSA) is 62.3 Å². The van der Waals surface area contributed by atoms with Crippen molar-refractivity contribution >= 4 is 23.6 Å². The molecule has 1 aliphatic rings. The Balaban J connectivity index is 1.73. The Morgan fingerprint density at radius 3 is 2.88 bits per heavy atom. The fourth-order valence-electron chi connectivity index (χ4n) is 2.82. The highest BCUT2D eigenvalue weighted by Gasteiger charge is 2.40. The van der Waals surface area contributed by atoms with Crippen molar-refractivity contribution in [1.82, 2.24) is 15.2 Å². The first kappa shape index (κ1) is 17.4. The summed E-state index contributed by atoms with van der Waals surface area (Å²) in [5.41, 5.74) is 1.57. The Morgan fingerprint density at radius 1 is 1.36 bits per heavy atom. The number of benzene rings is 1. The maximum Gasteiger partial charge on any atom is 0.243 e. The summed E-state index contributed by atoms with van der Waals surface area (Å²) < 4.78 is 13.5. The molecule has 2 heterocycles. The van der Waals surface area contributed by atoms with Gasteiger partial charge < -0.3 is 10.2 Å². The fraction of sp³-hybridized carbons (Fsp3) is 0.278. The lowest BCUT2D eigenvalue weighted by molar-refractivity contribution is -0.138. The van der Waals surface area contributed by atoms with Crippen LogP contribution in [0, 0.1) is 5.82 Å². The van der Waals surface area contributed by atoms with Crippen LogP contribution in [0.3, 0.4) is 0 Å². The zero-order valence-electron chi connectivity index (χ0n) is 13.7. The third-order valence-electron chi connectivity index (χ3n) is 3.99. The van der Waals surface area contributed by atoms with E-state index in [4.69, 9.17) is 0 Å². The van der Waals surface area contributed by atoms with Crippen molar-refractivity contribution in [3.63, 3.8) is 0 Å². The van der Waals surface area contributed by atoms with E-state index in [1.165, 1.54) is 35.7 Å². The van der Waals surface area contributed by atoms with Crippen LogP contribution in [0.2, 0.25) is 0 Å². The second-order valence-corrected chi connectivity index (χ2v) is 6.88. The molecule has 3 rings (SSSR count). The third kappa shape index (κ3) is 3.99. The van der Waals surface area contributed by atoms with Crippen molar-refractivity contribution in [2.24, 2.45) is 0 Å². The number of carbonyl (C=O) groups excluding carboxylic acids is 2. The molecule has 1 saturated heterocycles. The maximum absolute atomic E-state index is 13.5. The average Bonchev–Trinajstić information content (AvgIpc) is 3.06. The number of hydrogen-bond donors (Lipinski definition) is 1. The first-order valence-electron chi connectivity index (χ1n) is 7.89. The quantitative estimate of drug-likeness (QED) is 0.911. The van der Waals surface area contributed by atoms with Crippen molar-refractivity contribution in [3.8, 4) is 0 Å². The van der Waals surface area contributed by atoms with Crippen molar-refractivity contribution < 1.29 is 14.0 Å². The molecule has 2 unspecified atom stereocenters. The third-order valence-corrected chi connectivity index (χ3v) is 5.31. The molecule has 1 fully saturated rings. The van der Waals surface area contributed by atoms with Gasteiger partial charge in [0.25, 0.3) is 0 Å². The lowest BCUT2D eigenvalue weighted by Crippen LogP contribution is -2.47. The van der Waals surface area contributed by atoms with Crippen molar-refractivity contribution in [1.29, 1.82) is 0 Å². The first-order chi connectivity index (χ1) is 12.1. The molecule has 0 saturated carbocycles. The summed E-state index contributed by atoms with van der Waals surface area (Å²) in [5.74, 6) is -0.308. The predicted molar refractivity (Wildman–Crippen MR) is 94.0 cm³/mol. The molecule has 0 radical (unpaired) electrons. The van der Waals surface area contributed by atoms with Gasteiger partial charge in [-0.15, -0.1) is 11.8 Å². The summed E-state index contributed by atoms with van der Waals surface area (Å²) in [7, 11) is 0. The number of halogens is 1. The Hall–Kier alpha value is -2.41. The van der Waals surface area contributed by atoms with Crippen LogP contribution in [0.25, 0.3) is 0 Å². The van der Waals surface area contributed by atoms with Gasteiger partial charge in [0.2, 0.25) is 11.8 Å². The monoisotopic (exact) mass is 359 g/mol. The first-order valence-corrected chi connectivity index (χ1v) is 8.93. The molecule has 25 heavy (non-hydrogen) atoms. The molecule has 2 aromatic rings. The van der Waals surface area contributed by atoms with Gasteiger partial charge in [-0.25, -0.2) is 4.39 Å². The van der Waals surface area contributed by atoms with E-state index < -0.39 is 6.04 Å². The number of hydrogen-bond acceptors (Lipinski definition) is 4. The Kier molecular flexibility index (Phi) is 5.33. The lowest BCUT2D eigenvalue weighted by atomic mass is 10.1. The number of thioether (sulfide) groups is 1. The van der Waals surface area contributed by atoms with E-state index in [1.54, 1.807) is 30.6 Å². The van der Waals surface area contributed by atoms with Gasteiger partial charge in [-0.05, 0) is 29.3 Å². The lowest BCUT2D eigenvalue weighted by Gasteiger charge is -2.28. The van der Waals surface area contributed by atoms with E-state index >= 15 is 0 Å². The molecule has 5 nitrogen and oxygen atoms in total. The highest BCUT2D eigenvalue weighted by atomic mass is 32.2. The molecule has 1 aliphatic heterocycles. The average molecular weight is 359 g/mol. The van der Waals surface area contributed by atoms with E-state index in [9.17, 15) is 14.0 Å². The second kappa shape index (κ2) is 7.65. The largest absolute Gasteiger partial charge is 0.350 e. The van der Waals surface area contributed by atoms with Gasteiger partial charge in [0.1, 0.15) is 17.2 Å². The van der Waals surface area contributed by atoms with Gasteiger partial charge in [-0.1, -0.05) is 18.2 Å². The molecule has 0 spiro atoms. The normalized spacial score (nSPS) is 19.7. The summed E-state index contributed by atoms with van der Waals surface area (Å²) in [6.07, 6.45) is 3.35. The highest BCUT2D eigenvalue weighted by Crippen LogP contribution is 2.41. The smallest absolute Gasteiger partial charge is 0.243 e. The minimum atomic E-state index is -0.576. The van der Waals surface area contributed by atoms with E-state index in [1.807, 2.05) is 6.07 Å². The number of rotatable bonds is 4. The molecule has 2 amide bonds. The minimum Gasteiger partial charge on any atom is -0.350 e. The summed E-state index contributed by atoms with van der Waals surface area (Å²) in [6.45, 7) is 1.78. The van der Waals surface area contributed by atoms with E-state index in [0.29, 0.717) is 17.9 Å². The van der Waals surface area contributed by atoms with Crippen LogP contribution in [0.5, 0.6) is 0 Å². The van der Waals surface area contributed by atoms with E-state index in [-0.39, 0.29) is 23.0 Å². The second-order valence-electron chi connectivity index (χ2n) is 5.76. The molecule has 7 heteroatoms. The number of pyridine rings is 1. The molecule has 0 bridgehead atoms. The van der Waals surface area contributed by atoms with Gasteiger partial charge >= 0.3 is 0 Å². The highest BCUT2D eigenvalue weighted by molar-refractivity contribution is 7.99.